The quantitative estimate of drug-likeness (QED) is 0.0587. The topological polar surface area (TPSA) is 97.4 Å². The van der Waals surface area contributed by atoms with Gasteiger partial charge in [0.15, 0.2) is 0 Å². The molecule has 0 spiro atoms. The Hall–Kier alpha value is -1.47. The molecular formula is C25H45O8P. The van der Waals surface area contributed by atoms with E-state index in [0.717, 1.165) is 95.6 Å². The molecule has 198 valence electrons. The summed E-state index contributed by atoms with van der Waals surface area (Å²) in [6.45, 7) is 10.6. The van der Waals surface area contributed by atoms with Crippen molar-refractivity contribution in [2.45, 2.75) is 90.4 Å². The summed E-state index contributed by atoms with van der Waals surface area (Å²) in [5, 5.41) is 0. The molecule has 0 amide bonds. The molecule has 0 radical (unpaired) electrons. The fourth-order valence-electron chi connectivity index (χ4n) is 2.93. The van der Waals surface area contributed by atoms with Crippen molar-refractivity contribution in [1.82, 2.24) is 0 Å². The third-order valence-corrected chi connectivity index (χ3v) is 6.39. The Balaban J connectivity index is 3.99. The van der Waals surface area contributed by atoms with Crippen molar-refractivity contribution in [2.75, 3.05) is 33.0 Å². The molecule has 0 atom stereocenters. The minimum absolute atomic E-state index is 0.319. The summed E-state index contributed by atoms with van der Waals surface area (Å²) in [4.78, 5) is 21.9. The zero-order valence-corrected chi connectivity index (χ0v) is 21.9. The van der Waals surface area contributed by atoms with Crippen LogP contribution in [0.3, 0.4) is 0 Å². The number of esters is 2. The van der Waals surface area contributed by atoms with Crippen LogP contribution in [-0.4, -0.2) is 45.0 Å². The molecule has 0 saturated carbocycles. The fraction of sp³-hybridized carbons (Fsp3) is 0.760. The maximum Gasteiger partial charge on any atom is 0.474 e. The Kier molecular flexibility index (Phi) is 22.3. The van der Waals surface area contributed by atoms with E-state index >= 15 is 0 Å². The lowest BCUT2D eigenvalue weighted by atomic mass is 10.1. The van der Waals surface area contributed by atoms with Crippen LogP contribution in [0.5, 0.6) is 0 Å². The first-order valence-electron chi connectivity index (χ1n) is 12.6. The molecule has 9 heteroatoms. The van der Waals surface area contributed by atoms with E-state index < -0.39 is 19.8 Å². The molecule has 0 heterocycles. The van der Waals surface area contributed by atoms with Crippen molar-refractivity contribution in [1.29, 1.82) is 0 Å². The van der Waals surface area contributed by atoms with Gasteiger partial charge in [-0.3, -0.25) is 13.6 Å². The SMILES string of the molecule is C=CC(=O)OCCCCCCCOP(=O)(OCCCCC)OCCCCCCCOC(=O)C=C. The first kappa shape index (κ1) is 32.5. The van der Waals surface area contributed by atoms with Crippen molar-refractivity contribution < 1.29 is 37.2 Å². The molecule has 0 N–H and O–H groups in total. The van der Waals surface area contributed by atoms with Gasteiger partial charge in [-0.1, -0.05) is 71.4 Å². The van der Waals surface area contributed by atoms with Crippen LogP contribution in [0.4, 0.5) is 0 Å². The molecule has 0 fully saturated rings. The second kappa shape index (κ2) is 23.3. The van der Waals surface area contributed by atoms with Crippen LogP contribution in [0.1, 0.15) is 90.4 Å². The first-order chi connectivity index (χ1) is 16.5. The number of rotatable bonds is 25. The Morgan fingerprint density at radius 1 is 0.588 bits per heavy atom. The van der Waals surface area contributed by atoms with Crippen LogP contribution >= 0.6 is 7.82 Å². The average Bonchev–Trinajstić information content (AvgIpc) is 2.84. The summed E-state index contributed by atoms with van der Waals surface area (Å²) < 4.78 is 39.4. The van der Waals surface area contributed by atoms with E-state index in [1.165, 1.54) is 0 Å². The van der Waals surface area contributed by atoms with Crippen molar-refractivity contribution in [3.63, 3.8) is 0 Å². The summed E-state index contributed by atoms with van der Waals surface area (Å²) >= 11 is 0. The summed E-state index contributed by atoms with van der Waals surface area (Å²) in [6, 6.07) is 0. The number of phosphoric acid groups is 1. The molecule has 0 aliphatic heterocycles. The van der Waals surface area contributed by atoms with Crippen molar-refractivity contribution in [2.24, 2.45) is 0 Å². The highest BCUT2D eigenvalue weighted by Crippen LogP contribution is 2.50. The van der Waals surface area contributed by atoms with Gasteiger partial charge in [-0.2, -0.15) is 0 Å². The normalized spacial score (nSPS) is 11.2. The number of phosphoric ester groups is 1. The summed E-state index contributed by atoms with van der Waals surface area (Å²) in [6.07, 6.45) is 14.0. The van der Waals surface area contributed by atoms with E-state index in [0.29, 0.717) is 33.0 Å². The lowest BCUT2D eigenvalue weighted by molar-refractivity contribution is -0.138. The van der Waals surface area contributed by atoms with Crippen molar-refractivity contribution in [3.8, 4) is 0 Å². The largest absolute Gasteiger partial charge is 0.474 e. The van der Waals surface area contributed by atoms with Gasteiger partial charge in [0, 0.05) is 12.2 Å². The Morgan fingerprint density at radius 3 is 1.26 bits per heavy atom. The van der Waals surface area contributed by atoms with Gasteiger partial charge in [0.25, 0.3) is 0 Å². The van der Waals surface area contributed by atoms with E-state index in [4.69, 9.17) is 23.0 Å². The molecule has 0 aromatic carbocycles. The number of hydrogen-bond acceptors (Lipinski definition) is 8. The van der Waals surface area contributed by atoms with E-state index in [1.807, 2.05) is 0 Å². The third kappa shape index (κ3) is 21.1. The van der Waals surface area contributed by atoms with Gasteiger partial charge in [-0.05, 0) is 32.1 Å². The molecule has 0 aromatic rings. The van der Waals surface area contributed by atoms with Crippen LogP contribution in [0, 0.1) is 0 Å². The standard InChI is InChI=1S/C25H45O8P/c1-4-7-14-21-31-34(28,32-22-17-12-8-10-15-19-29-24(26)5-2)33-23-18-13-9-11-16-20-30-25(27)6-3/h5-6H,2-4,7-23H2,1H3. The van der Waals surface area contributed by atoms with Crippen LogP contribution in [-0.2, 0) is 37.2 Å². The van der Waals surface area contributed by atoms with Crippen molar-refractivity contribution >= 4 is 19.8 Å². The number of hydrogen-bond donors (Lipinski definition) is 0. The molecule has 0 aliphatic carbocycles. The highest BCUT2D eigenvalue weighted by atomic mass is 31.2. The number of ether oxygens (including phenoxy) is 2. The van der Waals surface area contributed by atoms with Crippen LogP contribution in [0.25, 0.3) is 0 Å². The predicted octanol–water partition coefficient (Wildman–Crippen LogP) is 6.69. The van der Waals surface area contributed by atoms with Gasteiger partial charge >= 0.3 is 19.8 Å². The van der Waals surface area contributed by atoms with Gasteiger partial charge in [-0.15, -0.1) is 0 Å². The molecule has 0 rings (SSSR count). The maximum absolute atomic E-state index is 12.9. The molecule has 0 saturated heterocycles. The van der Waals surface area contributed by atoms with Gasteiger partial charge in [0.1, 0.15) is 0 Å². The highest BCUT2D eigenvalue weighted by Gasteiger charge is 2.26. The summed E-state index contributed by atoms with van der Waals surface area (Å²) in [7, 11) is -3.56. The Labute approximate surface area is 206 Å². The number of unbranched alkanes of at least 4 members (excludes halogenated alkanes) is 10. The lowest BCUT2D eigenvalue weighted by Gasteiger charge is -2.18. The average molecular weight is 505 g/mol. The molecule has 0 unspecified atom stereocenters. The number of carbonyl (C=O) groups excluding carboxylic acids is 2. The van der Waals surface area contributed by atoms with Crippen LogP contribution < -0.4 is 0 Å². The first-order valence-corrected chi connectivity index (χ1v) is 14.1. The van der Waals surface area contributed by atoms with Crippen LogP contribution in [0.2, 0.25) is 0 Å². The maximum atomic E-state index is 12.9. The second-order valence-corrected chi connectivity index (χ2v) is 9.60. The number of carbonyl (C=O) groups is 2. The molecule has 0 aliphatic rings. The van der Waals surface area contributed by atoms with E-state index in [9.17, 15) is 14.2 Å². The molecule has 0 aromatic heterocycles. The minimum atomic E-state index is -3.56. The molecule has 34 heavy (non-hydrogen) atoms. The summed E-state index contributed by atoms with van der Waals surface area (Å²) in [5.41, 5.74) is 0. The van der Waals surface area contributed by atoms with Gasteiger partial charge in [0.05, 0.1) is 33.0 Å². The van der Waals surface area contributed by atoms with E-state index in [2.05, 4.69) is 20.1 Å². The molecule has 0 bridgehead atoms. The van der Waals surface area contributed by atoms with E-state index in [-0.39, 0.29) is 0 Å². The van der Waals surface area contributed by atoms with E-state index in [1.54, 1.807) is 0 Å². The zero-order chi connectivity index (χ0) is 25.3. The smallest absolute Gasteiger partial charge is 0.463 e. The van der Waals surface area contributed by atoms with Crippen LogP contribution in [0.15, 0.2) is 25.3 Å². The molecule has 8 nitrogen and oxygen atoms in total. The van der Waals surface area contributed by atoms with Crippen molar-refractivity contribution in [3.05, 3.63) is 25.3 Å². The highest BCUT2D eigenvalue weighted by molar-refractivity contribution is 7.48. The summed E-state index contributed by atoms with van der Waals surface area (Å²) in [5.74, 6) is -0.788. The monoisotopic (exact) mass is 504 g/mol. The van der Waals surface area contributed by atoms with Gasteiger partial charge in [0.2, 0.25) is 0 Å². The van der Waals surface area contributed by atoms with Gasteiger partial charge in [-0.25, -0.2) is 14.2 Å². The predicted molar refractivity (Wildman–Crippen MR) is 133 cm³/mol. The fourth-order valence-corrected chi connectivity index (χ4v) is 4.21. The zero-order valence-electron chi connectivity index (χ0n) is 21.0. The second-order valence-electron chi connectivity index (χ2n) is 7.93. The Bertz CT molecular complexity index is 551. The molecular weight excluding hydrogens is 459 g/mol. The minimum Gasteiger partial charge on any atom is -0.463 e. The lowest BCUT2D eigenvalue weighted by Crippen LogP contribution is -2.04. The van der Waals surface area contributed by atoms with Gasteiger partial charge < -0.3 is 9.47 Å². The third-order valence-electron chi connectivity index (χ3n) is 4.90. The Morgan fingerprint density at radius 2 is 0.912 bits per heavy atom.